The summed E-state index contributed by atoms with van der Waals surface area (Å²) in [4.78, 5) is 4.54. The van der Waals surface area contributed by atoms with Gasteiger partial charge in [0.15, 0.2) is 5.82 Å². The molecule has 102 valence electrons. The highest BCUT2D eigenvalue weighted by Gasteiger charge is 2.30. The monoisotopic (exact) mass is 289 g/mol. The number of hydrogen-bond acceptors (Lipinski definition) is 5. The molecule has 0 fully saturated rings. The summed E-state index contributed by atoms with van der Waals surface area (Å²) in [6, 6.07) is 3.26. The Morgan fingerprint density at radius 2 is 2.11 bits per heavy atom. The van der Waals surface area contributed by atoms with Gasteiger partial charge in [-0.15, -0.1) is 11.8 Å². The van der Waals surface area contributed by atoms with Crippen LogP contribution in [0.15, 0.2) is 27.6 Å². The largest absolute Gasteiger partial charge is 0.416 e. The molecule has 2 N–H and O–H groups in total. The number of aromatic nitrogens is 2. The van der Waals surface area contributed by atoms with Crippen LogP contribution in [-0.2, 0) is 11.9 Å². The fraction of sp³-hybridized carbons (Fsp3) is 0.273. The molecule has 0 atom stereocenters. The predicted molar refractivity (Wildman–Crippen MR) is 64.5 cm³/mol. The van der Waals surface area contributed by atoms with Gasteiger partial charge in [0, 0.05) is 17.5 Å². The van der Waals surface area contributed by atoms with E-state index in [-0.39, 0.29) is 5.69 Å². The van der Waals surface area contributed by atoms with Crippen molar-refractivity contribution >= 4 is 17.4 Å². The first-order chi connectivity index (χ1) is 8.86. The fourth-order valence-corrected chi connectivity index (χ4v) is 2.19. The minimum atomic E-state index is -4.39. The van der Waals surface area contributed by atoms with Crippen molar-refractivity contribution < 1.29 is 17.7 Å². The van der Waals surface area contributed by atoms with Gasteiger partial charge in [-0.05, 0) is 18.2 Å². The smallest absolute Gasteiger partial charge is 0.398 e. The van der Waals surface area contributed by atoms with Crippen molar-refractivity contribution in [2.24, 2.45) is 0 Å². The van der Waals surface area contributed by atoms with E-state index in [9.17, 15) is 13.2 Å². The third-order valence-electron chi connectivity index (χ3n) is 2.26. The minimum Gasteiger partial charge on any atom is -0.398 e. The van der Waals surface area contributed by atoms with Crippen LogP contribution in [0.25, 0.3) is 0 Å². The molecule has 19 heavy (non-hydrogen) atoms. The lowest BCUT2D eigenvalue weighted by Gasteiger charge is -2.09. The van der Waals surface area contributed by atoms with Crippen molar-refractivity contribution in [3.05, 3.63) is 35.5 Å². The number of nitrogens with zero attached hydrogens (tertiary/aromatic N) is 2. The molecule has 0 aliphatic heterocycles. The van der Waals surface area contributed by atoms with Crippen LogP contribution < -0.4 is 5.73 Å². The van der Waals surface area contributed by atoms with Gasteiger partial charge in [0.1, 0.15) is 0 Å². The summed E-state index contributed by atoms with van der Waals surface area (Å²) in [6.07, 6.45) is -4.39. The van der Waals surface area contributed by atoms with Gasteiger partial charge in [-0.1, -0.05) is 5.16 Å². The van der Waals surface area contributed by atoms with Crippen LogP contribution >= 0.6 is 11.8 Å². The standard InChI is InChI=1S/C11H10F3N3OS/c1-6-16-10(17-18-6)5-19-9-3-2-7(4-8(9)15)11(12,13)14/h2-4H,5,15H2,1H3. The number of alkyl halides is 3. The maximum Gasteiger partial charge on any atom is 0.416 e. The molecule has 0 radical (unpaired) electrons. The molecule has 8 heteroatoms. The fourth-order valence-electron chi connectivity index (χ4n) is 1.40. The second-order valence-corrected chi connectivity index (χ2v) is 4.79. The first kappa shape index (κ1) is 13.7. The number of benzene rings is 1. The third kappa shape index (κ3) is 3.40. The van der Waals surface area contributed by atoms with E-state index in [0.29, 0.717) is 22.4 Å². The molecule has 0 aliphatic carbocycles. The molecule has 2 rings (SSSR count). The number of hydrogen-bond donors (Lipinski definition) is 1. The summed E-state index contributed by atoms with van der Waals surface area (Å²) in [5.74, 6) is 1.30. The SMILES string of the molecule is Cc1nc(CSc2ccc(C(F)(F)F)cc2N)no1. The number of aryl methyl sites for hydroxylation is 1. The van der Waals surface area contributed by atoms with E-state index in [4.69, 9.17) is 10.3 Å². The van der Waals surface area contributed by atoms with Gasteiger partial charge >= 0.3 is 6.18 Å². The summed E-state index contributed by atoms with van der Waals surface area (Å²) < 4.78 is 42.2. The average molecular weight is 289 g/mol. The zero-order chi connectivity index (χ0) is 14.0. The van der Waals surface area contributed by atoms with Gasteiger partial charge in [0.25, 0.3) is 0 Å². The van der Waals surface area contributed by atoms with Crippen molar-refractivity contribution in [2.45, 2.75) is 23.7 Å². The van der Waals surface area contributed by atoms with Crippen LogP contribution in [0.5, 0.6) is 0 Å². The van der Waals surface area contributed by atoms with E-state index in [1.54, 1.807) is 6.92 Å². The Kier molecular flexibility index (Phi) is 3.70. The lowest BCUT2D eigenvalue weighted by Crippen LogP contribution is -2.05. The highest BCUT2D eigenvalue weighted by Crippen LogP contribution is 2.34. The van der Waals surface area contributed by atoms with Crippen molar-refractivity contribution in [1.29, 1.82) is 0 Å². The Morgan fingerprint density at radius 3 is 2.63 bits per heavy atom. The number of nitrogens with two attached hydrogens (primary N) is 1. The number of nitrogen functional groups attached to an aromatic ring is 1. The summed E-state index contributed by atoms with van der Waals surface area (Å²) in [5.41, 5.74) is 4.93. The van der Waals surface area contributed by atoms with Crippen molar-refractivity contribution in [3.8, 4) is 0 Å². The second kappa shape index (κ2) is 5.12. The average Bonchev–Trinajstić information content (AvgIpc) is 2.72. The molecular formula is C11H10F3N3OS. The first-order valence-corrected chi connectivity index (χ1v) is 6.23. The second-order valence-electron chi connectivity index (χ2n) is 3.77. The molecule has 0 spiro atoms. The van der Waals surface area contributed by atoms with Gasteiger partial charge in [0.05, 0.1) is 11.3 Å². The Hall–Kier alpha value is -1.70. The zero-order valence-electron chi connectivity index (χ0n) is 9.86. The van der Waals surface area contributed by atoms with E-state index in [2.05, 4.69) is 10.1 Å². The molecule has 0 saturated carbocycles. The summed E-state index contributed by atoms with van der Waals surface area (Å²) >= 11 is 1.26. The van der Waals surface area contributed by atoms with E-state index in [0.717, 1.165) is 12.1 Å². The normalized spacial score (nSPS) is 11.8. The summed E-state index contributed by atoms with van der Waals surface area (Å²) in [7, 11) is 0. The van der Waals surface area contributed by atoms with E-state index in [1.165, 1.54) is 17.8 Å². The molecule has 1 aromatic carbocycles. The molecule has 0 aliphatic rings. The minimum absolute atomic E-state index is 0.0834. The Balaban J connectivity index is 2.09. The third-order valence-corrected chi connectivity index (χ3v) is 3.35. The maximum atomic E-state index is 12.5. The van der Waals surface area contributed by atoms with Crippen LogP contribution in [0, 0.1) is 6.92 Å². The van der Waals surface area contributed by atoms with Crippen LogP contribution in [0.1, 0.15) is 17.3 Å². The number of halogens is 3. The van der Waals surface area contributed by atoms with Crippen molar-refractivity contribution in [1.82, 2.24) is 10.1 Å². The van der Waals surface area contributed by atoms with Gasteiger partial charge in [-0.2, -0.15) is 18.2 Å². The van der Waals surface area contributed by atoms with Gasteiger partial charge < -0.3 is 10.3 Å². The van der Waals surface area contributed by atoms with Crippen LogP contribution in [0.2, 0.25) is 0 Å². The first-order valence-electron chi connectivity index (χ1n) is 5.25. The molecule has 0 amide bonds. The van der Waals surface area contributed by atoms with Crippen molar-refractivity contribution in [3.63, 3.8) is 0 Å². The Labute approximate surface area is 111 Å². The summed E-state index contributed by atoms with van der Waals surface area (Å²) in [5, 5.41) is 3.69. The van der Waals surface area contributed by atoms with Gasteiger partial charge in [-0.3, -0.25) is 0 Å². The Bertz CT molecular complexity index is 583. The molecule has 1 heterocycles. The van der Waals surface area contributed by atoms with E-state index in [1.807, 2.05) is 0 Å². The number of rotatable bonds is 3. The van der Waals surface area contributed by atoms with Crippen molar-refractivity contribution in [2.75, 3.05) is 5.73 Å². The van der Waals surface area contributed by atoms with Crippen LogP contribution in [0.3, 0.4) is 0 Å². The molecule has 0 bridgehead atoms. The highest BCUT2D eigenvalue weighted by molar-refractivity contribution is 7.98. The number of thioether (sulfide) groups is 1. The van der Waals surface area contributed by atoms with Gasteiger partial charge in [-0.25, -0.2) is 0 Å². The molecule has 0 saturated heterocycles. The Morgan fingerprint density at radius 1 is 1.37 bits per heavy atom. The highest BCUT2D eigenvalue weighted by atomic mass is 32.2. The summed E-state index contributed by atoms with van der Waals surface area (Å²) in [6.45, 7) is 1.66. The molecule has 4 nitrogen and oxygen atoms in total. The molecule has 1 aromatic heterocycles. The quantitative estimate of drug-likeness (QED) is 0.694. The maximum absolute atomic E-state index is 12.5. The molecule has 2 aromatic rings. The molecule has 0 unspecified atom stereocenters. The number of anilines is 1. The zero-order valence-corrected chi connectivity index (χ0v) is 10.7. The predicted octanol–water partition coefficient (Wildman–Crippen LogP) is 3.27. The lowest BCUT2D eigenvalue weighted by atomic mass is 10.2. The van der Waals surface area contributed by atoms with E-state index >= 15 is 0 Å². The van der Waals surface area contributed by atoms with E-state index < -0.39 is 11.7 Å². The topological polar surface area (TPSA) is 64.9 Å². The van der Waals surface area contributed by atoms with Gasteiger partial charge in [0.2, 0.25) is 5.89 Å². The lowest BCUT2D eigenvalue weighted by molar-refractivity contribution is -0.137. The van der Waals surface area contributed by atoms with Crippen LogP contribution in [-0.4, -0.2) is 10.1 Å². The molecular weight excluding hydrogens is 279 g/mol. The van der Waals surface area contributed by atoms with Crippen LogP contribution in [0.4, 0.5) is 18.9 Å².